The molecule has 1 aliphatic rings. The fourth-order valence-corrected chi connectivity index (χ4v) is 4.16. The molecule has 2 N–H and O–H groups in total. The van der Waals surface area contributed by atoms with Gasteiger partial charge in [-0.05, 0) is 54.7 Å². The lowest BCUT2D eigenvalue weighted by atomic mass is 9.91. The minimum absolute atomic E-state index is 0.380. The molecule has 1 fully saturated rings. The Balaban J connectivity index is 1.91. The van der Waals surface area contributed by atoms with Crippen molar-refractivity contribution in [2.24, 2.45) is 0 Å². The molecule has 0 aliphatic carbocycles. The number of aliphatic carboxylic acids is 1. The number of hydrogen-bond acceptors (Lipinski definition) is 5. The van der Waals surface area contributed by atoms with Gasteiger partial charge >= 0.3 is 5.97 Å². The van der Waals surface area contributed by atoms with Gasteiger partial charge in [0.2, 0.25) is 0 Å². The Morgan fingerprint density at radius 2 is 2.00 bits per heavy atom. The highest BCUT2D eigenvalue weighted by Gasteiger charge is 2.41. The summed E-state index contributed by atoms with van der Waals surface area (Å²) in [7, 11) is 1.56. The topological polar surface area (TPSA) is 88.5 Å². The summed E-state index contributed by atoms with van der Waals surface area (Å²) in [5.74, 6) is 0.647. The fourth-order valence-electron chi connectivity index (χ4n) is 2.97. The van der Waals surface area contributed by atoms with Crippen molar-refractivity contribution in [1.29, 1.82) is 0 Å². The molecule has 1 aromatic heterocycles. The summed E-state index contributed by atoms with van der Waals surface area (Å²) in [6, 6.07) is 10.5. The number of amides is 1. The van der Waals surface area contributed by atoms with Crippen LogP contribution in [-0.4, -0.2) is 46.1 Å². The van der Waals surface area contributed by atoms with Crippen molar-refractivity contribution in [3.05, 3.63) is 48.2 Å². The number of carboxylic acids is 1. The number of nitrogens with one attached hydrogen (secondary N) is 1. The summed E-state index contributed by atoms with van der Waals surface area (Å²) < 4.78 is 5.37. The Labute approximate surface area is 156 Å². The lowest BCUT2D eigenvalue weighted by Gasteiger charge is -2.33. The van der Waals surface area contributed by atoms with Crippen molar-refractivity contribution in [2.75, 3.05) is 18.6 Å². The molecule has 0 atom stereocenters. The third-order valence-electron chi connectivity index (χ3n) is 4.51. The van der Waals surface area contributed by atoms with Gasteiger partial charge in [0.25, 0.3) is 5.91 Å². The van der Waals surface area contributed by atoms with Gasteiger partial charge in [-0.25, -0.2) is 4.79 Å². The molecule has 2 aromatic rings. The van der Waals surface area contributed by atoms with Crippen LogP contribution < -0.4 is 10.1 Å². The zero-order valence-electron chi connectivity index (χ0n) is 14.4. The first-order valence-electron chi connectivity index (χ1n) is 8.29. The second kappa shape index (κ2) is 7.78. The molecule has 2 heterocycles. The van der Waals surface area contributed by atoms with Crippen molar-refractivity contribution < 1.29 is 19.4 Å². The first kappa shape index (κ1) is 18.3. The van der Waals surface area contributed by atoms with E-state index >= 15 is 0 Å². The number of thioether (sulfide) groups is 1. The van der Waals surface area contributed by atoms with Crippen molar-refractivity contribution >= 4 is 23.6 Å². The van der Waals surface area contributed by atoms with Gasteiger partial charge in [0.05, 0.1) is 12.8 Å². The molecule has 0 spiro atoms. The number of aromatic nitrogens is 1. The van der Waals surface area contributed by atoms with Gasteiger partial charge in [0.15, 0.2) is 0 Å². The highest BCUT2D eigenvalue weighted by Crippen LogP contribution is 2.31. The van der Waals surface area contributed by atoms with E-state index in [2.05, 4.69) is 10.3 Å². The predicted octanol–water partition coefficient (Wildman–Crippen LogP) is 2.84. The third-order valence-corrected chi connectivity index (χ3v) is 5.50. The van der Waals surface area contributed by atoms with Gasteiger partial charge in [-0.3, -0.25) is 9.78 Å². The molecule has 136 valence electrons. The molecule has 1 aliphatic heterocycles. The van der Waals surface area contributed by atoms with E-state index in [4.69, 9.17) is 4.74 Å². The van der Waals surface area contributed by atoms with Crippen LogP contribution in [0.15, 0.2) is 42.6 Å². The van der Waals surface area contributed by atoms with E-state index in [0.717, 1.165) is 0 Å². The average Bonchev–Trinajstić information content (AvgIpc) is 2.68. The Morgan fingerprint density at radius 1 is 1.23 bits per heavy atom. The number of carbonyl (C=O) groups is 2. The van der Waals surface area contributed by atoms with Crippen molar-refractivity contribution in [3.63, 3.8) is 0 Å². The minimum atomic E-state index is -1.20. The van der Waals surface area contributed by atoms with Crippen molar-refractivity contribution in [3.8, 4) is 17.0 Å². The van der Waals surface area contributed by atoms with E-state index in [9.17, 15) is 14.7 Å². The highest BCUT2D eigenvalue weighted by molar-refractivity contribution is 7.99. The second-order valence-electron chi connectivity index (χ2n) is 6.08. The van der Waals surface area contributed by atoms with E-state index in [1.807, 2.05) is 18.2 Å². The molecule has 0 bridgehead atoms. The summed E-state index contributed by atoms with van der Waals surface area (Å²) in [5, 5.41) is 12.4. The van der Waals surface area contributed by atoms with Crippen LogP contribution in [0.2, 0.25) is 0 Å². The number of pyridine rings is 1. The number of methoxy groups -OCH3 is 1. The quantitative estimate of drug-likeness (QED) is 0.839. The lowest BCUT2D eigenvalue weighted by molar-refractivity contribution is -0.144. The van der Waals surface area contributed by atoms with E-state index in [1.54, 1.807) is 43.3 Å². The summed E-state index contributed by atoms with van der Waals surface area (Å²) in [6.45, 7) is 0. The highest BCUT2D eigenvalue weighted by atomic mass is 32.2. The maximum Gasteiger partial charge on any atom is 0.329 e. The number of hydrogen-bond donors (Lipinski definition) is 2. The first-order valence-corrected chi connectivity index (χ1v) is 9.44. The summed E-state index contributed by atoms with van der Waals surface area (Å²) in [6.07, 6.45) is 2.50. The zero-order valence-corrected chi connectivity index (χ0v) is 15.2. The van der Waals surface area contributed by atoms with Gasteiger partial charge in [0.1, 0.15) is 11.3 Å². The van der Waals surface area contributed by atoms with Crippen LogP contribution >= 0.6 is 11.8 Å². The number of carboxylic acid groups (broad SMARTS) is 1. The Hall–Kier alpha value is -2.54. The van der Waals surface area contributed by atoms with Crippen molar-refractivity contribution in [1.82, 2.24) is 10.3 Å². The average molecular weight is 372 g/mol. The minimum Gasteiger partial charge on any atom is -0.496 e. The monoisotopic (exact) mass is 372 g/mol. The van der Waals surface area contributed by atoms with E-state index in [-0.39, 0.29) is 0 Å². The molecule has 7 heteroatoms. The van der Waals surface area contributed by atoms with Crippen molar-refractivity contribution in [2.45, 2.75) is 18.4 Å². The van der Waals surface area contributed by atoms with Crippen LogP contribution in [0.5, 0.6) is 5.75 Å². The Bertz CT molecular complexity index is 804. The molecule has 3 rings (SSSR count). The largest absolute Gasteiger partial charge is 0.496 e. The molecule has 0 saturated carbocycles. The standard InChI is InChI=1S/C19H20N2O4S/c1-25-16-6-5-13(12-14(16)15-4-2-3-9-20-15)17(22)21-19(18(23)24)7-10-26-11-8-19/h2-6,9,12H,7-8,10-11H2,1H3,(H,21,22)(H,23,24). The second-order valence-corrected chi connectivity index (χ2v) is 7.31. The van der Waals surface area contributed by atoms with Gasteiger partial charge in [-0.15, -0.1) is 0 Å². The van der Waals surface area contributed by atoms with Crippen LogP contribution in [0.3, 0.4) is 0 Å². The van der Waals surface area contributed by atoms with E-state index in [0.29, 0.717) is 46.9 Å². The number of nitrogens with zero attached hydrogens (tertiary/aromatic N) is 1. The summed E-state index contributed by atoms with van der Waals surface area (Å²) in [5.41, 5.74) is 0.545. The first-order chi connectivity index (χ1) is 12.6. The molecule has 6 nitrogen and oxygen atoms in total. The van der Waals surface area contributed by atoms with Crippen LogP contribution in [0, 0.1) is 0 Å². The predicted molar refractivity (Wildman–Crippen MR) is 101 cm³/mol. The number of carbonyl (C=O) groups excluding carboxylic acids is 1. The molecular formula is C19H20N2O4S. The zero-order chi connectivity index (χ0) is 18.6. The number of benzene rings is 1. The molecular weight excluding hydrogens is 352 g/mol. The van der Waals surface area contributed by atoms with Crippen LogP contribution in [0.25, 0.3) is 11.3 Å². The molecule has 1 saturated heterocycles. The van der Waals surface area contributed by atoms with E-state index < -0.39 is 17.4 Å². The number of ether oxygens (including phenoxy) is 1. The van der Waals surface area contributed by atoms with Crippen LogP contribution in [0.4, 0.5) is 0 Å². The fraction of sp³-hybridized carbons (Fsp3) is 0.316. The van der Waals surface area contributed by atoms with Gasteiger partial charge in [0, 0.05) is 17.3 Å². The van der Waals surface area contributed by atoms with Crippen LogP contribution in [-0.2, 0) is 4.79 Å². The number of rotatable bonds is 5. The maximum absolute atomic E-state index is 12.8. The molecule has 0 radical (unpaired) electrons. The molecule has 0 unspecified atom stereocenters. The third kappa shape index (κ3) is 3.67. The molecule has 1 amide bonds. The van der Waals surface area contributed by atoms with Gasteiger partial charge < -0.3 is 15.2 Å². The Morgan fingerprint density at radius 3 is 2.62 bits per heavy atom. The summed E-state index contributed by atoms with van der Waals surface area (Å²) in [4.78, 5) is 28.8. The normalized spacial score (nSPS) is 15.9. The van der Waals surface area contributed by atoms with E-state index in [1.165, 1.54) is 0 Å². The SMILES string of the molecule is COc1ccc(C(=O)NC2(C(=O)O)CCSCC2)cc1-c1ccccn1. The van der Waals surface area contributed by atoms with Gasteiger partial charge in [-0.1, -0.05) is 6.07 Å². The smallest absolute Gasteiger partial charge is 0.329 e. The Kier molecular flexibility index (Phi) is 5.46. The lowest BCUT2D eigenvalue weighted by Crippen LogP contribution is -2.56. The maximum atomic E-state index is 12.8. The van der Waals surface area contributed by atoms with Gasteiger partial charge in [-0.2, -0.15) is 11.8 Å². The van der Waals surface area contributed by atoms with Crippen LogP contribution in [0.1, 0.15) is 23.2 Å². The summed E-state index contributed by atoms with van der Waals surface area (Å²) >= 11 is 1.70. The molecule has 26 heavy (non-hydrogen) atoms. The molecule has 1 aromatic carbocycles.